The topological polar surface area (TPSA) is 66.4 Å². The van der Waals surface area contributed by atoms with Gasteiger partial charge in [-0.25, -0.2) is 0 Å². The number of aliphatic carboxylic acids is 1. The molecular formula is C15H17BrINO3. The summed E-state index contributed by atoms with van der Waals surface area (Å²) in [6, 6.07) is 5.22. The highest BCUT2D eigenvalue weighted by molar-refractivity contribution is 14.1. The van der Waals surface area contributed by atoms with Gasteiger partial charge in [0.05, 0.1) is 11.5 Å². The molecule has 1 aliphatic rings. The third-order valence-corrected chi connectivity index (χ3v) is 5.26. The summed E-state index contributed by atoms with van der Waals surface area (Å²) in [7, 11) is 0. The number of carbonyl (C=O) groups is 2. The zero-order valence-electron chi connectivity index (χ0n) is 11.4. The van der Waals surface area contributed by atoms with Crippen LogP contribution in [0.15, 0.2) is 22.7 Å². The molecule has 114 valence electrons. The maximum Gasteiger partial charge on any atom is 0.308 e. The first-order chi connectivity index (χ1) is 9.99. The highest BCUT2D eigenvalue weighted by Crippen LogP contribution is 2.25. The molecule has 1 aromatic rings. The van der Waals surface area contributed by atoms with E-state index in [1.807, 2.05) is 12.1 Å². The van der Waals surface area contributed by atoms with Crippen molar-refractivity contribution in [3.63, 3.8) is 0 Å². The van der Waals surface area contributed by atoms with E-state index >= 15 is 0 Å². The van der Waals surface area contributed by atoms with Crippen molar-refractivity contribution in [2.24, 2.45) is 5.92 Å². The first-order valence-electron chi connectivity index (χ1n) is 6.98. The molecule has 0 saturated heterocycles. The van der Waals surface area contributed by atoms with Crippen LogP contribution in [0.5, 0.6) is 0 Å². The fourth-order valence-corrected chi connectivity index (χ4v) is 3.64. The fourth-order valence-electron chi connectivity index (χ4n) is 2.69. The molecule has 6 heteroatoms. The molecule has 0 aromatic heterocycles. The molecule has 2 unspecified atom stereocenters. The Balaban J connectivity index is 2.16. The second kappa shape index (κ2) is 7.58. The highest BCUT2D eigenvalue weighted by Gasteiger charge is 2.31. The van der Waals surface area contributed by atoms with Crippen molar-refractivity contribution < 1.29 is 14.7 Å². The summed E-state index contributed by atoms with van der Waals surface area (Å²) in [5.41, 5.74) is 0.582. The summed E-state index contributed by atoms with van der Waals surface area (Å²) in [5, 5.41) is 12.3. The van der Waals surface area contributed by atoms with Crippen LogP contribution in [-0.2, 0) is 4.79 Å². The van der Waals surface area contributed by atoms with Gasteiger partial charge in [-0.15, -0.1) is 0 Å². The van der Waals surface area contributed by atoms with Crippen LogP contribution in [0.25, 0.3) is 0 Å². The van der Waals surface area contributed by atoms with Gasteiger partial charge < -0.3 is 10.4 Å². The Kier molecular flexibility index (Phi) is 6.04. The number of halogens is 2. The van der Waals surface area contributed by atoms with E-state index in [0.29, 0.717) is 12.0 Å². The van der Waals surface area contributed by atoms with Crippen LogP contribution in [0, 0.1) is 9.49 Å². The van der Waals surface area contributed by atoms with Crippen molar-refractivity contribution in [1.29, 1.82) is 0 Å². The lowest BCUT2D eigenvalue weighted by molar-refractivity contribution is -0.142. The van der Waals surface area contributed by atoms with E-state index in [4.69, 9.17) is 0 Å². The summed E-state index contributed by atoms with van der Waals surface area (Å²) in [6.45, 7) is 0. The molecule has 1 amide bonds. The van der Waals surface area contributed by atoms with Crippen molar-refractivity contribution in [2.75, 3.05) is 0 Å². The van der Waals surface area contributed by atoms with Gasteiger partial charge in [0.25, 0.3) is 5.91 Å². The van der Waals surface area contributed by atoms with Gasteiger partial charge in [0.2, 0.25) is 0 Å². The average molecular weight is 466 g/mol. The van der Waals surface area contributed by atoms with E-state index in [1.54, 1.807) is 6.07 Å². The van der Waals surface area contributed by atoms with Crippen molar-refractivity contribution >= 4 is 50.4 Å². The number of carboxylic acids is 1. The first-order valence-corrected chi connectivity index (χ1v) is 8.85. The predicted octanol–water partition coefficient (Wildman–Crippen LogP) is 3.82. The Morgan fingerprint density at radius 1 is 1.24 bits per heavy atom. The maximum absolute atomic E-state index is 12.4. The lowest BCUT2D eigenvalue weighted by Crippen LogP contribution is -2.43. The van der Waals surface area contributed by atoms with Crippen LogP contribution in [-0.4, -0.2) is 23.0 Å². The summed E-state index contributed by atoms with van der Waals surface area (Å²) >= 11 is 5.47. The number of amides is 1. The molecule has 1 aromatic carbocycles. The number of hydrogen-bond acceptors (Lipinski definition) is 2. The van der Waals surface area contributed by atoms with Crippen LogP contribution in [0.4, 0.5) is 0 Å². The Bertz CT molecular complexity index is 550. The number of benzene rings is 1. The van der Waals surface area contributed by atoms with Crippen molar-refractivity contribution in [1.82, 2.24) is 5.32 Å². The van der Waals surface area contributed by atoms with Gasteiger partial charge in [0.15, 0.2) is 0 Å². The summed E-state index contributed by atoms with van der Waals surface area (Å²) < 4.78 is 1.69. The third-order valence-electron chi connectivity index (χ3n) is 3.82. The molecule has 1 fully saturated rings. The smallest absolute Gasteiger partial charge is 0.308 e. The van der Waals surface area contributed by atoms with E-state index in [2.05, 4.69) is 43.8 Å². The van der Waals surface area contributed by atoms with Crippen LogP contribution >= 0.6 is 38.5 Å². The van der Waals surface area contributed by atoms with Gasteiger partial charge in [-0.3, -0.25) is 9.59 Å². The van der Waals surface area contributed by atoms with Crippen LogP contribution in [0.2, 0.25) is 0 Å². The zero-order chi connectivity index (χ0) is 15.4. The molecule has 0 heterocycles. The van der Waals surface area contributed by atoms with Crippen LogP contribution in [0.3, 0.4) is 0 Å². The summed E-state index contributed by atoms with van der Waals surface area (Å²) in [6.07, 6.45) is 4.27. The number of rotatable bonds is 3. The molecule has 2 N–H and O–H groups in total. The van der Waals surface area contributed by atoms with Crippen molar-refractivity contribution in [3.05, 3.63) is 31.8 Å². The molecule has 1 aliphatic carbocycles. The second-order valence-corrected chi connectivity index (χ2v) is 7.36. The van der Waals surface area contributed by atoms with Crippen molar-refractivity contribution in [3.8, 4) is 0 Å². The molecule has 0 bridgehead atoms. The molecule has 4 nitrogen and oxygen atoms in total. The normalized spacial score (nSPS) is 22.4. The lowest BCUT2D eigenvalue weighted by atomic mass is 9.94. The molecular weight excluding hydrogens is 449 g/mol. The summed E-state index contributed by atoms with van der Waals surface area (Å²) in [5.74, 6) is -1.49. The number of nitrogens with one attached hydrogen (secondary N) is 1. The summed E-state index contributed by atoms with van der Waals surface area (Å²) in [4.78, 5) is 23.8. The maximum atomic E-state index is 12.4. The number of hydrogen-bond donors (Lipinski definition) is 2. The molecule has 1 saturated carbocycles. The zero-order valence-corrected chi connectivity index (χ0v) is 15.2. The number of carboxylic acid groups (broad SMARTS) is 1. The molecule has 2 rings (SSSR count). The molecule has 2 atom stereocenters. The van der Waals surface area contributed by atoms with E-state index in [9.17, 15) is 14.7 Å². The first kappa shape index (κ1) is 16.7. The second-order valence-electron chi connectivity index (χ2n) is 5.29. The number of carbonyl (C=O) groups excluding carboxylic acids is 1. The molecule has 21 heavy (non-hydrogen) atoms. The van der Waals surface area contributed by atoms with E-state index in [1.165, 1.54) is 0 Å². The highest BCUT2D eigenvalue weighted by atomic mass is 127. The van der Waals surface area contributed by atoms with Gasteiger partial charge >= 0.3 is 5.97 Å². The largest absolute Gasteiger partial charge is 0.481 e. The Hall–Kier alpha value is -0.630. The Morgan fingerprint density at radius 2 is 1.95 bits per heavy atom. The Labute approximate surface area is 146 Å². The van der Waals surface area contributed by atoms with Gasteiger partial charge in [-0.2, -0.15) is 0 Å². The quantitative estimate of drug-likeness (QED) is 0.526. The Morgan fingerprint density at radius 3 is 2.67 bits per heavy atom. The van der Waals surface area contributed by atoms with Gasteiger partial charge in [-0.1, -0.05) is 35.2 Å². The monoisotopic (exact) mass is 465 g/mol. The van der Waals surface area contributed by atoms with Gasteiger partial charge in [-0.05, 0) is 53.6 Å². The average Bonchev–Trinajstić information content (AvgIpc) is 2.67. The van der Waals surface area contributed by atoms with Gasteiger partial charge in [0.1, 0.15) is 0 Å². The van der Waals surface area contributed by atoms with Gasteiger partial charge in [0, 0.05) is 14.1 Å². The fraction of sp³-hybridized carbons (Fsp3) is 0.467. The van der Waals surface area contributed by atoms with E-state index < -0.39 is 11.9 Å². The van der Waals surface area contributed by atoms with Crippen LogP contribution < -0.4 is 5.32 Å². The van der Waals surface area contributed by atoms with E-state index in [-0.39, 0.29) is 11.9 Å². The SMILES string of the molecule is O=C(NC1CCCCCC1C(=O)O)c1cc(Br)ccc1I. The lowest BCUT2D eigenvalue weighted by Gasteiger charge is -2.23. The minimum Gasteiger partial charge on any atom is -0.481 e. The standard InChI is InChI=1S/C15H17BrINO3/c16-9-6-7-12(17)11(8-9)14(19)18-13-5-3-1-2-4-10(13)15(20)21/h6-8,10,13H,1-5H2,(H,18,19)(H,20,21). The third kappa shape index (κ3) is 4.42. The molecule has 0 radical (unpaired) electrons. The molecule has 0 spiro atoms. The minimum atomic E-state index is -0.814. The van der Waals surface area contributed by atoms with E-state index in [0.717, 1.165) is 33.7 Å². The van der Waals surface area contributed by atoms with Crippen LogP contribution in [0.1, 0.15) is 42.5 Å². The molecule has 0 aliphatic heterocycles. The van der Waals surface area contributed by atoms with Crippen molar-refractivity contribution in [2.45, 2.75) is 38.1 Å². The minimum absolute atomic E-state index is 0.196. The predicted molar refractivity (Wildman–Crippen MR) is 92.3 cm³/mol.